The first kappa shape index (κ1) is 19.7. The molecule has 1 N–H and O–H groups in total. The van der Waals surface area contributed by atoms with E-state index in [1.54, 1.807) is 0 Å². The summed E-state index contributed by atoms with van der Waals surface area (Å²) >= 11 is 0. The van der Waals surface area contributed by atoms with Crippen molar-refractivity contribution >= 4 is 24.1 Å². The molecule has 1 aliphatic rings. The van der Waals surface area contributed by atoms with Crippen molar-refractivity contribution in [1.82, 2.24) is 10.2 Å². The first-order valence-corrected chi connectivity index (χ1v) is 8.18. The van der Waals surface area contributed by atoms with Gasteiger partial charge in [-0.3, -0.25) is 9.59 Å². The number of rotatable bonds is 5. The standard InChI is InChI=1S/C18H26N2O2.ClH/c1-4-15-5-7-16(8-6-15)17(21)9-10-18(22)20-12-11-19-13(2)14(20)3;/h5-8,13-14,19H,4,9-12H2,1-3H3;1H. The SMILES string of the molecule is CCc1ccc(C(=O)CCC(=O)N2CCNC(C)C2C)cc1.Cl. The van der Waals surface area contributed by atoms with Gasteiger partial charge < -0.3 is 10.2 Å². The zero-order valence-corrected chi connectivity index (χ0v) is 15.0. The maximum absolute atomic E-state index is 12.3. The number of benzene rings is 1. The normalized spacial score (nSPS) is 20.7. The van der Waals surface area contributed by atoms with Gasteiger partial charge in [0.25, 0.3) is 0 Å². The summed E-state index contributed by atoms with van der Waals surface area (Å²) in [6.07, 6.45) is 1.55. The molecule has 0 radical (unpaired) electrons. The predicted molar refractivity (Wildman–Crippen MR) is 95.3 cm³/mol. The minimum Gasteiger partial charge on any atom is -0.337 e. The second-order valence-electron chi connectivity index (χ2n) is 6.04. The quantitative estimate of drug-likeness (QED) is 0.840. The van der Waals surface area contributed by atoms with E-state index in [1.807, 2.05) is 29.2 Å². The third kappa shape index (κ3) is 5.05. The van der Waals surface area contributed by atoms with Crippen molar-refractivity contribution in [3.63, 3.8) is 0 Å². The average Bonchev–Trinajstić information content (AvgIpc) is 2.55. The van der Waals surface area contributed by atoms with E-state index in [4.69, 9.17) is 0 Å². The molecule has 0 saturated carbocycles. The van der Waals surface area contributed by atoms with Crippen molar-refractivity contribution in [2.45, 2.75) is 52.1 Å². The summed E-state index contributed by atoms with van der Waals surface area (Å²) in [4.78, 5) is 26.4. The van der Waals surface area contributed by atoms with E-state index in [2.05, 4.69) is 26.1 Å². The Labute approximate surface area is 145 Å². The van der Waals surface area contributed by atoms with Crippen molar-refractivity contribution in [2.75, 3.05) is 13.1 Å². The van der Waals surface area contributed by atoms with Crippen LogP contribution in [0.25, 0.3) is 0 Å². The van der Waals surface area contributed by atoms with E-state index in [-0.39, 0.29) is 36.6 Å². The van der Waals surface area contributed by atoms with Gasteiger partial charge >= 0.3 is 0 Å². The van der Waals surface area contributed by atoms with Gasteiger partial charge in [-0.2, -0.15) is 0 Å². The number of halogens is 1. The van der Waals surface area contributed by atoms with Crippen LogP contribution in [0.5, 0.6) is 0 Å². The monoisotopic (exact) mass is 338 g/mol. The maximum atomic E-state index is 12.3. The number of hydrogen-bond acceptors (Lipinski definition) is 3. The first-order valence-electron chi connectivity index (χ1n) is 8.18. The number of ketones is 1. The second-order valence-corrected chi connectivity index (χ2v) is 6.04. The smallest absolute Gasteiger partial charge is 0.223 e. The molecule has 2 rings (SSSR count). The fourth-order valence-corrected chi connectivity index (χ4v) is 2.84. The van der Waals surface area contributed by atoms with E-state index >= 15 is 0 Å². The van der Waals surface area contributed by atoms with Crippen LogP contribution in [-0.2, 0) is 11.2 Å². The Kier molecular flexibility index (Phi) is 7.73. The largest absolute Gasteiger partial charge is 0.337 e. The van der Waals surface area contributed by atoms with E-state index in [0.29, 0.717) is 18.0 Å². The molecule has 2 unspecified atom stereocenters. The first-order chi connectivity index (χ1) is 10.5. The maximum Gasteiger partial charge on any atom is 0.223 e. The van der Waals surface area contributed by atoms with Crippen LogP contribution in [0.15, 0.2) is 24.3 Å². The molecule has 128 valence electrons. The van der Waals surface area contributed by atoms with Gasteiger partial charge in [-0.25, -0.2) is 0 Å². The summed E-state index contributed by atoms with van der Waals surface area (Å²) in [5.41, 5.74) is 1.92. The minimum atomic E-state index is 0. The number of nitrogens with zero attached hydrogens (tertiary/aromatic N) is 1. The van der Waals surface area contributed by atoms with Crippen molar-refractivity contribution < 1.29 is 9.59 Å². The molecule has 0 bridgehead atoms. The Morgan fingerprint density at radius 1 is 1.17 bits per heavy atom. The highest BCUT2D eigenvalue weighted by molar-refractivity contribution is 5.98. The van der Waals surface area contributed by atoms with Gasteiger partial charge in [-0.1, -0.05) is 31.2 Å². The van der Waals surface area contributed by atoms with E-state index in [1.165, 1.54) is 5.56 Å². The number of piperazine rings is 1. The number of amides is 1. The predicted octanol–water partition coefficient (Wildman–Crippen LogP) is 2.84. The number of carbonyl (C=O) groups excluding carboxylic acids is 2. The number of nitrogens with one attached hydrogen (secondary N) is 1. The molecular formula is C18H27ClN2O2. The molecule has 1 aromatic carbocycles. The Morgan fingerprint density at radius 2 is 1.83 bits per heavy atom. The Hall–Kier alpha value is -1.39. The van der Waals surface area contributed by atoms with E-state index in [9.17, 15) is 9.59 Å². The van der Waals surface area contributed by atoms with Gasteiger partial charge in [0.15, 0.2) is 5.78 Å². The lowest BCUT2D eigenvalue weighted by Gasteiger charge is -2.38. The van der Waals surface area contributed by atoms with Crippen LogP contribution in [0, 0.1) is 0 Å². The van der Waals surface area contributed by atoms with Gasteiger partial charge in [0.05, 0.1) is 0 Å². The lowest BCUT2D eigenvalue weighted by molar-refractivity contribution is -0.134. The van der Waals surface area contributed by atoms with Crippen LogP contribution in [0.4, 0.5) is 0 Å². The highest BCUT2D eigenvalue weighted by Gasteiger charge is 2.27. The lowest BCUT2D eigenvalue weighted by Crippen LogP contribution is -2.57. The van der Waals surface area contributed by atoms with Gasteiger partial charge in [0.1, 0.15) is 0 Å². The van der Waals surface area contributed by atoms with Crippen LogP contribution in [-0.4, -0.2) is 41.8 Å². The zero-order chi connectivity index (χ0) is 16.1. The third-order valence-corrected chi connectivity index (χ3v) is 4.60. The van der Waals surface area contributed by atoms with Gasteiger partial charge in [-0.15, -0.1) is 12.4 Å². The van der Waals surface area contributed by atoms with E-state index < -0.39 is 0 Å². The van der Waals surface area contributed by atoms with E-state index in [0.717, 1.165) is 19.5 Å². The molecule has 1 fully saturated rings. The fourth-order valence-electron chi connectivity index (χ4n) is 2.84. The Bertz CT molecular complexity index is 530. The van der Waals surface area contributed by atoms with Crippen molar-refractivity contribution in [3.05, 3.63) is 35.4 Å². The minimum absolute atomic E-state index is 0. The number of carbonyl (C=O) groups is 2. The van der Waals surface area contributed by atoms with Gasteiger partial charge in [0.2, 0.25) is 5.91 Å². The van der Waals surface area contributed by atoms with Gasteiger partial charge in [-0.05, 0) is 25.8 Å². The summed E-state index contributed by atoms with van der Waals surface area (Å²) in [5.74, 6) is 0.131. The molecule has 2 atom stereocenters. The van der Waals surface area contributed by atoms with Crippen LogP contribution in [0.3, 0.4) is 0 Å². The van der Waals surface area contributed by atoms with Crippen molar-refractivity contribution in [2.24, 2.45) is 0 Å². The third-order valence-electron chi connectivity index (χ3n) is 4.60. The topological polar surface area (TPSA) is 49.4 Å². The Morgan fingerprint density at radius 3 is 2.43 bits per heavy atom. The number of hydrogen-bond donors (Lipinski definition) is 1. The molecule has 0 spiro atoms. The second kappa shape index (κ2) is 9.04. The molecule has 1 amide bonds. The van der Waals surface area contributed by atoms with Crippen LogP contribution in [0.1, 0.15) is 49.5 Å². The van der Waals surface area contributed by atoms with Crippen LogP contribution in [0.2, 0.25) is 0 Å². The summed E-state index contributed by atoms with van der Waals surface area (Å²) in [7, 11) is 0. The zero-order valence-electron chi connectivity index (χ0n) is 14.2. The molecule has 1 aromatic rings. The van der Waals surface area contributed by atoms with Crippen molar-refractivity contribution in [3.8, 4) is 0 Å². The molecule has 1 aliphatic heterocycles. The summed E-state index contributed by atoms with van der Waals surface area (Å²) in [6.45, 7) is 7.78. The Balaban J connectivity index is 0.00000264. The molecule has 1 saturated heterocycles. The highest BCUT2D eigenvalue weighted by Crippen LogP contribution is 2.13. The molecular weight excluding hydrogens is 312 g/mol. The number of Topliss-reactive ketones (excluding diaryl/α,β-unsaturated/α-hetero) is 1. The van der Waals surface area contributed by atoms with Crippen LogP contribution >= 0.6 is 12.4 Å². The summed E-state index contributed by atoms with van der Waals surface area (Å²) in [6, 6.07) is 8.17. The lowest BCUT2D eigenvalue weighted by atomic mass is 10.0. The molecule has 0 aliphatic carbocycles. The summed E-state index contributed by atoms with van der Waals surface area (Å²) < 4.78 is 0. The fraction of sp³-hybridized carbons (Fsp3) is 0.556. The molecule has 5 heteroatoms. The van der Waals surface area contributed by atoms with Gasteiger partial charge in [0, 0.05) is 43.6 Å². The average molecular weight is 339 g/mol. The molecule has 4 nitrogen and oxygen atoms in total. The summed E-state index contributed by atoms with van der Waals surface area (Å²) in [5, 5.41) is 3.36. The number of aryl methyl sites for hydroxylation is 1. The highest BCUT2D eigenvalue weighted by atomic mass is 35.5. The van der Waals surface area contributed by atoms with Crippen molar-refractivity contribution in [1.29, 1.82) is 0 Å². The molecule has 23 heavy (non-hydrogen) atoms. The van der Waals surface area contributed by atoms with Crippen LogP contribution < -0.4 is 5.32 Å². The molecule has 0 aromatic heterocycles. The molecule has 1 heterocycles.